The Morgan fingerprint density at radius 1 is 1.20 bits per heavy atom. The van der Waals surface area contributed by atoms with Crippen molar-refractivity contribution in [3.05, 3.63) is 75.0 Å². The molecule has 0 fully saturated rings. The summed E-state index contributed by atoms with van der Waals surface area (Å²) in [4.78, 5) is 28.0. The van der Waals surface area contributed by atoms with E-state index >= 15 is 0 Å². The summed E-state index contributed by atoms with van der Waals surface area (Å²) >= 11 is 1.63. The van der Waals surface area contributed by atoms with Crippen LogP contribution in [0.1, 0.15) is 16.7 Å². The average Bonchev–Trinajstić information content (AvgIpc) is 2.96. The lowest BCUT2D eigenvalue weighted by atomic mass is 10.1. The SMILES string of the molecule is CSc1ccc(/C=C2/N=C(c3cccc([N+](=O)[O-])c3C)OC2=O)cc1. The van der Waals surface area contributed by atoms with Crippen LogP contribution in [0.15, 0.2) is 58.0 Å². The second-order valence-corrected chi connectivity index (χ2v) is 6.20. The largest absolute Gasteiger partial charge is 0.402 e. The Bertz CT molecular complexity index is 917. The normalized spacial score (nSPS) is 15.2. The number of nitro benzene ring substituents is 1. The van der Waals surface area contributed by atoms with E-state index in [0.717, 1.165) is 10.5 Å². The molecule has 1 heterocycles. The van der Waals surface area contributed by atoms with Gasteiger partial charge in [-0.15, -0.1) is 11.8 Å². The minimum absolute atomic E-state index is 0.0404. The molecular formula is C18H14N2O4S. The van der Waals surface area contributed by atoms with Crippen molar-refractivity contribution in [1.29, 1.82) is 0 Å². The topological polar surface area (TPSA) is 81.8 Å². The molecule has 7 heteroatoms. The summed E-state index contributed by atoms with van der Waals surface area (Å²) in [6, 6.07) is 12.3. The quantitative estimate of drug-likeness (QED) is 0.273. The molecule has 6 nitrogen and oxygen atoms in total. The van der Waals surface area contributed by atoms with Crippen molar-refractivity contribution in [1.82, 2.24) is 0 Å². The molecular weight excluding hydrogens is 340 g/mol. The van der Waals surface area contributed by atoms with Crippen LogP contribution in [0, 0.1) is 17.0 Å². The molecule has 0 amide bonds. The van der Waals surface area contributed by atoms with Crippen LogP contribution in [-0.4, -0.2) is 23.0 Å². The standard InChI is InChI=1S/C18H14N2O4S/c1-11-14(4-3-5-16(11)20(22)23)17-19-15(18(21)24-17)10-12-6-8-13(25-2)9-7-12/h3-10H,1-2H3/b15-10+. The number of hydrogen-bond donors (Lipinski definition) is 0. The molecule has 0 saturated carbocycles. The van der Waals surface area contributed by atoms with Crippen molar-refractivity contribution in [3.8, 4) is 0 Å². The van der Waals surface area contributed by atoms with E-state index in [1.54, 1.807) is 36.9 Å². The number of thioether (sulfide) groups is 1. The molecule has 0 radical (unpaired) electrons. The predicted molar refractivity (Wildman–Crippen MR) is 96.7 cm³/mol. The van der Waals surface area contributed by atoms with Crippen molar-refractivity contribution in [2.24, 2.45) is 4.99 Å². The Labute approximate surface area is 148 Å². The summed E-state index contributed by atoms with van der Waals surface area (Å²) in [6.07, 6.45) is 3.62. The summed E-state index contributed by atoms with van der Waals surface area (Å²) in [7, 11) is 0. The second kappa shape index (κ2) is 6.90. The molecule has 0 spiro atoms. The zero-order valence-corrected chi connectivity index (χ0v) is 14.4. The number of hydrogen-bond acceptors (Lipinski definition) is 6. The first kappa shape index (κ1) is 16.9. The van der Waals surface area contributed by atoms with Gasteiger partial charge in [-0.1, -0.05) is 18.2 Å². The number of ether oxygens (including phenoxy) is 1. The third-order valence-corrected chi connectivity index (χ3v) is 4.52. The summed E-state index contributed by atoms with van der Waals surface area (Å²) in [5.41, 5.74) is 1.79. The Balaban J connectivity index is 1.96. The summed E-state index contributed by atoms with van der Waals surface area (Å²) in [5.74, 6) is -0.493. The third-order valence-electron chi connectivity index (χ3n) is 3.77. The van der Waals surface area contributed by atoms with E-state index in [2.05, 4.69) is 4.99 Å². The molecule has 1 aliphatic heterocycles. The molecule has 0 aliphatic carbocycles. The van der Waals surface area contributed by atoms with Crippen LogP contribution < -0.4 is 0 Å². The molecule has 2 aromatic carbocycles. The van der Waals surface area contributed by atoms with E-state index in [1.165, 1.54) is 6.07 Å². The zero-order valence-electron chi connectivity index (χ0n) is 13.6. The minimum Gasteiger partial charge on any atom is -0.402 e. The number of esters is 1. The molecule has 0 unspecified atom stereocenters. The molecule has 25 heavy (non-hydrogen) atoms. The van der Waals surface area contributed by atoms with Crippen LogP contribution in [0.4, 0.5) is 5.69 Å². The van der Waals surface area contributed by atoms with Crippen molar-refractivity contribution in [3.63, 3.8) is 0 Å². The van der Waals surface area contributed by atoms with Gasteiger partial charge >= 0.3 is 5.97 Å². The molecule has 0 bridgehead atoms. The Morgan fingerprint density at radius 3 is 2.56 bits per heavy atom. The number of nitro groups is 1. The first-order chi connectivity index (χ1) is 12.0. The Hall–Kier alpha value is -2.93. The van der Waals surface area contributed by atoms with Gasteiger partial charge in [-0.3, -0.25) is 10.1 Å². The first-order valence-electron chi connectivity index (χ1n) is 7.40. The van der Waals surface area contributed by atoms with Crippen LogP contribution in [-0.2, 0) is 9.53 Å². The number of benzene rings is 2. The van der Waals surface area contributed by atoms with Gasteiger partial charge in [0, 0.05) is 22.1 Å². The molecule has 1 aliphatic rings. The highest BCUT2D eigenvalue weighted by Crippen LogP contribution is 2.26. The lowest BCUT2D eigenvalue weighted by Crippen LogP contribution is -2.08. The fourth-order valence-electron chi connectivity index (χ4n) is 2.44. The van der Waals surface area contributed by atoms with Gasteiger partial charge in [-0.25, -0.2) is 9.79 Å². The van der Waals surface area contributed by atoms with Gasteiger partial charge in [0.1, 0.15) is 0 Å². The van der Waals surface area contributed by atoms with Gasteiger partial charge in [-0.05, 0) is 43.0 Å². The van der Waals surface area contributed by atoms with Gasteiger partial charge in [0.2, 0.25) is 5.90 Å². The van der Waals surface area contributed by atoms with Crippen molar-refractivity contribution >= 4 is 35.4 Å². The highest BCUT2D eigenvalue weighted by atomic mass is 32.2. The van der Waals surface area contributed by atoms with Crippen LogP contribution >= 0.6 is 11.8 Å². The monoisotopic (exact) mass is 354 g/mol. The maximum atomic E-state index is 12.1. The van der Waals surface area contributed by atoms with Crippen molar-refractivity contribution < 1.29 is 14.5 Å². The van der Waals surface area contributed by atoms with E-state index in [9.17, 15) is 14.9 Å². The van der Waals surface area contributed by atoms with Gasteiger partial charge < -0.3 is 4.74 Å². The maximum absolute atomic E-state index is 12.1. The lowest BCUT2D eigenvalue weighted by Gasteiger charge is -2.04. The van der Waals surface area contributed by atoms with Gasteiger partial charge in [0.05, 0.1) is 4.92 Å². The molecule has 0 atom stereocenters. The van der Waals surface area contributed by atoms with Crippen LogP contribution in [0.2, 0.25) is 0 Å². The summed E-state index contributed by atoms with van der Waals surface area (Å²) < 4.78 is 5.21. The summed E-state index contributed by atoms with van der Waals surface area (Å²) in [5, 5.41) is 11.1. The zero-order chi connectivity index (χ0) is 18.0. The Kier molecular flexibility index (Phi) is 4.67. The minimum atomic E-state index is -0.574. The smallest absolute Gasteiger partial charge is 0.363 e. The summed E-state index contributed by atoms with van der Waals surface area (Å²) in [6.45, 7) is 1.60. The van der Waals surface area contributed by atoms with Crippen molar-refractivity contribution in [2.75, 3.05) is 6.26 Å². The van der Waals surface area contributed by atoms with Gasteiger partial charge in [0.25, 0.3) is 5.69 Å². The van der Waals surface area contributed by atoms with Gasteiger partial charge in [-0.2, -0.15) is 0 Å². The third kappa shape index (κ3) is 3.46. The van der Waals surface area contributed by atoms with Crippen LogP contribution in [0.3, 0.4) is 0 Å². The lowest BCUT2D eigenvalue weighted by molar-refractivity contribution is -0.385. The van der Waals surface area contributed by atoms with Gasteiger partial charge in [0.15, 0.2) is 5.70 Å². The number of carbonyl (C=O) groups excluding carboxylic acids is 1. The first-order valence-corrected chi connectivity index (χ1v) is 8.63. The van der Waals surface area contributed by atoms with E-state index < -0.39 is 10.9 Å². The molecule has 3 rings (SSSR count). The molecule has 126 valence electrons. The maximum Gasteiger partial charge on any atom is 0.363 e. The average molecular weight is 354 g/mol. The van der Waals surface area contributed by atoms with Crippen LogP contribution in [0.25, 0.3) is 6.08 Å². The van der Waals surface area contributed by atoms with E-state index in [-0.39, 0.29) is 17.3 Å². The molecule has 0 N–H and O–H groups in total. The Morgan fingerprint density at radius 2 is 1.92 bits per heavy atom. The number of cyclic esters (lactones) is 1. The predicted octanol–water partition coefficient (Wildman–Crippen LogP) is 3.97. The second-order valence-electron chi connectivity index (χ2n) is 5.32. The highest BCUT2D eigenvalue weighted by molar-refractivity contribution is 7.98. The van der Waals surface area contributed by atoms with E-state index in [1.807, 2.05) is 30.5 Å². The number of aliphatic imine (C=N–C) groups is 1. The van der Waals surface area contributed by atoms with Crippen LogP contribution in [0.5, 0.6) is 0 Å². The fraction of sp³-hybridized carbons (Fsp3) is 0.111. The van der Waals surface area contributed by atoms with E-state index in [4.69, 9.17) is 4.74 Å². The highest BCUT2D eigenvalue weighted by Gasteiger charge is 2.27. The number of nitrogens with zero attached hydrogens (tertiary/aromatic N) is 2. The number of carbonyl (C=O) groups is 1. The fourth-order valence-corrected chi connectivity index (χ4v) is 2.84. The van der Waals surface area contributed by atoms with E-state index in [0.29, 0.717) is 11.1 Å². The number of rotatable bonds is 4. The molecule has 2 aromatic rings. The molecule has 0 saturated heterocycles. The molecule has 0 aromatic heterocycles. The van der Waals surface area contributed by atoms with Crippen molar-refractivity contribution in [2.45, 2.75) is 11.8 Å².